The third kappa shape index (κ3) is 2.59. The fourth-order valence-corrected chi connectivity index (χ4v) is 2.65. The summed E-state index contributed by atoms with van der Waals surface area (Å²) >= 11 is 6.11. The fraction of sp³-hybridized carbons (Fsp3) is 0.0909. The smallest absolute Gasteiger partial charge is 0.311 e. The van der Waals surface area contributed by atoms with Gasteiger partial charge in [0.15, 0.2) is 5.75 Å². The van der Waals surface area contributed by atoms with Crippen LogP contribution in [0.5, 0.6) is 5.75 Å². The van der Waals surface area contributed by atoms with Crippen molar-refractivity contribution >= 4 is 46.0 Å². The average Bonchev–Trinajstić information content (AvgIpc) is 2.59. The van der Waals surface area contributed by atoms with Gasteiger partial charge >= 0.3 is 5.69 Å². The highest BCUT2D eigenvalue weighted by Crippen LogP contribution is 2.33. The molecular weight excluding hydrogens is 288 g/mol. The molecule has 98 valence electrons. The topological polar surface area (TPSA) is 83.7 Å². The Balaban J connectivity index is 2.39. The molecule has 1 aromatic carbocycles. The van der Waals surface area contributed by atoms with Gasteiger partial charge in [0, 0.05) is 13.1 Å². The zero-order chi connectivity index (χ0) is 14.2. The number of likely N-dealkylation sites (N-methyl/N-ethyl adjacent to an activating group) is 1. The molecule has 0 radical (unpaired) electrons. The van der Waals surface area contributed by atoms with Crippen LogP contribution >= 0.6 is 24.0 Å². The van der Waals surface area contributed by atoms with E-state index in [0.29, 0.717) is 14.8 Å². The van der Waals surface area contributed by atoms with E-state index in [4.69, 9.17) is 12.2 Å². The highest BCUT2D eigenvalue weighted by molar-refractivity contribution is 8.26. The van der Waals surface area contributed by atoms with E-state index in [1.54, 1.807) is 7.05 Å². The van der Waals surface area contributed by atoms with Gasteiger partial charge in [-0.2, -0.15) is 0 Å². The highest BCUT2D eigenvalue weighted by atomic mass is 32.2. The number of phenols is 1. The maximum Gasteiger partial charge on any atom is 0.311 e. The van der Waals surface area contributed by atoms with Crippen LogP contribution in [0.4, 0.5) is 5.69 Å². The SMILES string of the molecule is CN1C(=O)/C(=C\c2ccc(O)c([N+](=O)[O-])c2)SC1=S. The number of phenolic OH excluding ortho intramolecular Hbond substituents is 1. The van der Waals surface area contributed by atoms with Crippen LogP contribution in [0.15, 0.2) is 23.1 Å². The summed E-state index contributed by atoms with van der Waals surface area (Å²) in [4.78, 5) is 23.5. The zero-order valence-corrected chi connectivity index (χ0v) is 11.3. The van der Waals surface area contributed by atoms with Crippen molar-refractivity contribution in [1.82, 2.24) is 4.90 Å². The molecule has 0 aromatic heterocycles. The predicted molar refractivity (Wildman–Crippen MR) is 75.7 cm³/mol. The van der Waals surface area contributed by atoms with Crippen molar-refractivity contribution in [3.8, 4) is 5.75 Å². The molecule has 19 heavy (non-hydrogen) atoms. The van der Waals surface area contributed by atoms with Gasteiger partial charge in [-0.1, -0.05) is 30.0 Å². The van der Waals surface area contributed by atoms with Crippen molar-refractivity contribution in [2.45, 2.75) is 0 Å². The maximum atomic E-state index is 11.8. The van der Waals surface area contributed by atoms with Crippen LogP contribution in [-0.4, -0.2) is 32.2 Å². The van der Waals surface area contributed by atoms with E-state index in [1.807, 2.05) is 0 Å². The third-order valence-electron chi connectivity index (χ3n) is 2.48. The molecule has 1 N–H and O–H groups in total. The number of rotatable bonds is 2. The van der Waals surface area contributed by atoms with Gasteiger partial charge in [-0.15, -0.1) is 0 Å². The first-order valence-electron chi connectivity index (χ1n) is 5.09. The minimum absolute atomic E-state index is 0.245. The van der Waals surface area contributed by atoms with Gasteiger partial charge in [-0.05, 0) is 17.7 Å². The lowest BCUT2D eigenvalue weighted by Crippen LogP contribution is -2.22. The zero-order valence-electron chi connectivity index (χ0n) is 9.69. The van der Waals surface area contributed by atoms with Crippen molar-refractivity contribution in [2.24, 2.45) is 0 Å². The normalized spacial score (nSPS) is 17.3. The number of hydrogen-bond donors (Lipinski definition) is 1. The number of amides is 1. The number of hydrogen-bond acceptors (Lipinski definition) is 6. The summed E-state index contributed by atoms with van der Waals surface area (Å²) in [5.41, 5.74) is 0.0548. The minimum atomic E-state index is -0.683. The molecule has 0 aliphatic carbocycles. The van der Waals surface area contributed by atoms with Crippen LogP contribution in [0.1, 0.15) is 5.56 Å². The molecule has 0 spiro atoms. The Morgan fingerprint density at radius 3 is 2.74 bits per heavy atom. The van der Waals surface area contributed by atoms with Crippen molar-refractivity contribution in [1.29, 1.82) is 0 Å². The number of thiocarbonyl (C=S) groups is 1. The van der Waals surface area contributed by atoms with Gasteiger partial charge in [-0.25, -0.2) is 0 Å². The van der Waals surface area contributed by atoms with Crippen LogP contribution in [0, 0.1) is 10.1 Å². The summed E-state index contributed by atoms with van der Waals surface area (Å²) < 4.78 is 0.435. The second-order valence-electron chi connectivity index (χ2n) is 3.75. The molecule has 0 unspecified atom stereocenters. The molecule has 0 bridgehead atoms. The molecule has 1 amide bonds. The Morgan fingerprint density at radius 2 is 2.21 bits per heavy atom. The van der Waals surface area contributed by atoms with E-state index >= 15 is 0 Å². The molecule has 8 heteroatoms. The van der Waals surface area contributed by atoms with Crippen molar-refractivity contribution in [3.63, 3.8) is 0 Å². The van der Waals surface area contributed by atoms with Gasteiger partial charge < -0.3 is 5.11 Å². The predicted octanol–water partition coefficient (Wildman–Crippen LogP) is 2.13. The van der Waals surface area contributed by atoms with Crippen LogP contribution in [-0.2, 0) is 4.79 Å². The number of nitro benzene ring substituents is 1. The summed E-state index contributed by atoms with van der Waals surface area (Å²) in [6.07, 6.45) is 1.51. The van der Waals surface area contributed by atoms with E-state index in [2.05, 4.69) is 0 Å². The van der Waals surface area contributed by atoms with E-state index in [9.17, 15) is 20.0 Å². The summed E-state index contributed by atoms with van der Waals surface area (Å²) in [7, 11) is 1.57. The molecular formula is C11H8N2O4S2. The quantitative estimate of drug-likeness (QED) is 0.389. The largest absolute Gasteiger partial charge is 0.502 e. The second kappa shape index (κ2) is 4.98. The number of aromatic hydroxyl groups is 1. The van der Waals surface area contributed by atoms with Crippen molar-refractivity contribution in [3.05, 3.63) is 38.8 Å². The first-order chi connectivity index (χ1) is 8.90. The van der Waals surface area contributed by atoms with E-state index in [-0.39, 0.29) is 5.91 Å². The number of benzene rings is 1. The number of thioether (sulfide) groups is 1. The highest BCUT2D eigenvalue weighted by Gasteiger charge is 2.28. The Hall–Kier alpha value is -1.93. The summed E-state index contributed by atoms with van der Waals surface area (Å²) in [5.74, 6) is -0.657. The molecule has 1 aromatic rings. The molecule has 1 aliphatic heterocycles. The molecule has 0 saturated carbocycles. The van der Waals surface area contributed by atoms with Gasteiger partial charge in [0.25, 0.3) is 5.91 Å². The Labute approximate surface area is 117 Å². The minimum Gasteiger partial charge on any atom is -0.502 e. The third-order valence-corrected chi connectivity index (χ3v) is 3.97. The van der Waals surface area contributed by atoms with Crippen molar-refractivity contribution in [2.75, 3.05) is 7.05 Å². The van der Waals surface area contributed by atoms with Crippen LogP contribution < -0.4 is 0 Å². The van der Waals surface area contributed by atoms with Crippen molar-refractivity contribution < 1.29 is 14.8 Å². The monoisotopic (exact) mass is 296 g/mol. The van der Waals surface area contributed by atoms with Crippen LogP contribution in [0.3, 0.4) is 0 Å². The van der Waals surface area contributed by atoms with Crippen LogP contribution in [0.2, 0.25) is 0 Å². The number of nitrogens with zero attached hydrogens (tertiary/aromatic N) is 2. The molecule has 6 nitrogen and oxygen atoms in total. The number of nitro groups is 1. The molecule has 1 fully saturated rings. The number of carbonyl (C=O) groups excluding carboxylic acids is 1. The molecule has 2 rings (SSSR count). The Bertz CT molecular complexity index is 627. The first-order valence-corrected chi connectivity index (χ1v) is 6.31. The van der Waals surface area contributed by atoms with E-state index in [0.717, 1.165) is 11.8 Å². The summed E-state index contributed by atoms with van der Waals surface area (Å²) in [5, 5.41) is 20.0. The number of carbonyl (C=O) groups is 1. The van der Waals surface area contributed by atoms with Crippen LogP contribution in [0.25, 0.3) is 6.08 Å². The first kappa shape index (κ1) is 13.5. The molecule has 0 atom stereocenters. The van der Waals surface area contributed by atoms with E-state index in [1.165, 1.54) is 29.2 Å². The van der Waals surface area contributed by atoms with Gasteiger partial charge in [0.05, 0.1) is 9.83 Å². The van der Waals surface area contributed by atoms with Gasteiger partial charge in [-0.3, -0.25) is 19.8 Å². The summed E-state index contributed by atoms with van der Waals surface area (Å²) in [6.45, 7) is 0. The lowest BCUT2D eigenvalue weighted by molar-refractivity contribution is -0.385. The van der Waals surface area contributed by atoms with Gasteiger partial charge in [0.1, 0.15) is 4.32 Å². The lowest BCUT2D eigenvalue weighted by Gasteiger charge is -2.03. The molecule has 1 heterocycles. The average molecular weight is 296 g/mol. The second-order valence-corrected chi connectivity index (χ2v) is 5.42. The lowest BCUT2D eigenvalue weighted by atomic mass is 10.1. The summed E-state index contributed by atoms with van der Waals surface area (Å²) in [6, 6.07) is 3.92. The standard InChI is InChI=1S/C11H8N2O4S2/c1-12-10(15)9(19-11(12)18)5-6-2-3-8(14)7(4-6)13(16)17/h2-5,14H,1H3/b9-5+. The fourth-order valence-electron chi connectivity index (χ4n) is 1.47. The molecule has 1 aliphatic rings. The Morgan fingerprint density at radius 1 is 1.53 bits per heavy atom. The maximum absolute atomic E-state index is 11.8. The molecule has 1 saturated heterocycles. The van der Waals surface area contributed by atoms with Gasteiger partial charge in [0.2, 0.25) is 0 Å². The Kier molecular flexibility index (Phi) is 3.54. The van der Waals surface area contributed by atoms with E-state index < -0.39 is 16.4 Å².